The zero-order valence-corrected chi connectivity index (χ0v) is 13.9. The molecular formula is C17H19NO3S. The summed E-state index contributed by atoms with van der Waals surface area (Å²) < 4.78 is 23.3. The molecule has 0 aliphatic carbocycles. The number of benzene rings is 2. The van der Waals surface area contributed by atoms with E-state index in [9.17, 15) is 13.2 Å². The fraction of sp³-hybridized carbons (Fsp3) is 0.235. The largest absolute Gasteiger partial charge is 0.322 e. The Bertz CT molecular complexity index is 839. The summed E-state index contributed by atoms with van der Waals surface area (Å²) in [6.07, 6.45) is 1.13. The number of sulfone groups is 1. The van der Waals surface area contributed by atoms with Crippen molar-refractivity contribution in [3.63, 3.8) is 0 Å². The van der Waals surface area contributed by atoms with Crippen LogP contribution in [-0.2, 0) is 9.84 Å². The highest BCUT2D eigenvalue weighted by atomic mass is 32.2. The highest BCUT2D eigenvalue weighted by molar-refractivity contribution is 7.90. The van der Waals surface area contributed by atoms with E-state index in [0.717, 1.165) is 28.6 Å². The summed E-state index contributed by atoms with van der Waals surface area (Å²) in [4.78, 5) is 12.6. The molecule has 0 aromatic heterocycles. The summed E-state index contributed by atoms with van der Waals surface area (Å²) in [6, 6.07) is 10.3. The second-order valence-electron chi connectivity index (χ2n) is 5.52. The van der Waals surface area contributed by atoms with Gasteiger partial charge in [0.15, 0.2) is 9.84 Å². The fourth-order valence-corrected chi connectivity index (χ4v) is 2.87. The maximum absolute atomic E-state index is 12.4. The number of aryl methyl sites for hydroxylation is 3. The minimum atomic E-state index is -3.34. The second-order valence-corrected chi connectivity index (χ2v) is 7.54. The van der Waals surface area contributed by atoms with Crippen LogP contribution in [0.5, 0.6) is 0 Å². The van der Waals surface area contributed by atoms with E-state index >= 15 is 0 Å². The summed E-state index contributed by atoms with van der Waals surface area (Å²) in [7, 11) is -3.34. The second kappa shape index (κ2) is 5.93. The SMILES string of the molecule is Cc1ccc(NC(=O)c2cc(S(C)(=O)=O)ccc2C)c(C)c1. The average Bonchev–Trinajstić information content (AvgIpc) is 2.41. The number of hydrogen-bond acceptors (Lipinski definition) is 3. The Balaban J connectivity index is 2.37. The maximum Gasteiger partial charge on any atom is 0.255 e. The molecule has 0 fully saturated rings. The number of carbonyl (C=O) groups is 1. The third-order valence-corrected chi connectivity index (χ3v) is 4.62. The van der Waals surface area contributed by atoms with Crippen LogP contribution in [0.4, 0.5) is 5.69 Å². The molecule has 0 unspecified atom stereocenters. The van der Waals surface area contributed by atoms with Gasteiger partial charge in [-0.05, 0) is 50.1 Å². The van der Waals surface area contributed by atoms with Crippen LogP contribution in [0.15, 0.2) is 41.3 Å². The highest BCUT2D eigenvalue weighted by Crippen LogP contribution is 2.20. The van der Waals surface area contributed by atoms with Gasteiger partial charge in [-0.15, -0.1) is 0 Å². The van der Waals surface area contributed by atoms with E-state index in [1.165, 1.54) is 12.1 Å². The Morgan fingerprint density at radius 1 is 0.955 bits per heavy atom. The predicted molar refractivity (Wildman–Crippen MR) is 88.2 cm³/mol. The summed E-state index contributed by atoms with van der Waals surface area (Å²) in [5.41, 5.74) is 3.90. The van der Waals surface area contributed by atoms with Crippen LogP contribution in [0, 0.1) is 20.8 Å². The van der Waals surface area contributed by atoms with Gasteiger partial charge in [-0.3, -0.25) is 4.79 Å². The van der Waals surface area contributed by atoms with Crippen molar-refractivity contribution in [2.45, 2.75) is 25.7 Å². The molecule has 1 N–H and O–H groups in total. The normalized spacial score (nSPS) is 11.3. The number of amides is 1. The summed E-state index contributed by atoms with van der Waals surface area (Å²) in [5, 5.41) is 2.84. The zero-order chi connectivity index (χ0) is 16.5. The van der Waals surface area contributed by atoms with Gasteiger partial charge in [0.25, 0.3) is 5.91 Å². The van der Waals surface area contributed by atoms with Crippen molar-refractivity contribution in [2.24, 2.45) is 0 Å². The molecule has 2 aromatic rings. The number of carbonyl (C=O) groups excluding carboxylic acids is 1. The quantitative estimate of drug-likeness (QED) is 0.945. The molecule has 0 aliphatic rings. The van der Waals surface area contributed by atoms with Crippen molar-refractivity contribution in [1.29, 1.82) is 0 Å². The van der Waals surface area contributed by atoms with E-state index in [0.29, 0.717) is 5.56 Å². The van der Waals surface area contributed by atoms with Gasteiger partial charge in [0, 0.05) is 17.5 Å². The van der Waals surface area contributed by atoms with Gasteiger partial charge in [0.1, 0.15) is 0 Å². The molecule has 5 heteroatoms. The average molecular weight is 317 g/mol. The summed E-state index contributed by atoms with van der Waals surface area (Å²) in [6.45, 7) is 5.68. The molecule has 0 radical (unpaired) electrons. The highest BCUT2D eigenvalue weighted by Gasteiger charge is 2.15. The summed E-state index contributed by atoms with van der Waals surface area (Å²) in [5.74, 6) is -0.310. The Hall–Kier alpha value is -2.14. The molecule has 0 bridgehead atoms. The van der Waals surface area contributed by atoms with Crippen LogP contribution in [0.25, 0.3) is 0 Å². The van der Waals surface area contributed by atoms with Crippen molar-refractivity contribution in [2.75, 3.05) is 11.6 Å². The van der Waals surface area contributed by atoms with Gasteiger partial charge in [-0.2, -0.15) is 0 Å². The first-order valence-electron chi connectivity index (χ1n) is 6.88. The minimum absolute atomic E-state index is 0.142. The van der Waals surface area contributed by atoms with Gasteiger partial charge in [-0.1, -0.05) is 23.8 Å². The van der Waals surface area contributed by atoms with Crippen molar-refractivity contribution in [3.8, 4) is 0 Å². The third-order valence-electron chi connectivity index (χ3n) is 3.51. The van der Waals surface area contributed by atoms with Crippen LogP contribution >= 0.6 is 0 Å². The predicted octanol–water partition coefficient (Wildman–Crippen LogP) is 3.27. The molecule has 0 saturated carbocycles. The fourth-order valence-electron chi connectivity index (χ4n) is 2.22. The first kappa shape index (κ1) is 16.2. The maximum atomic E-state index is 12.4. The van der Waals surface area contributed by atoms with Crippen molar-refractivity contribution in [1.82, 2.24) is 0 Å². The molecule has 0 aliphatic heterocycles. The lowest BCUT2D eigenvalue weighted by atomic mass is 10.1. The van der Waals surface area contributed by atoms with Gasteiger partial charge in [0.2, 0.25) is 0 Å². The molecule has 0 saturated heterocycles. The van der Waals surface area contributed by atoms with Gasteiger partial charge in [-0.25, -0.2) is 8.42 Å². The van der Waals surface area contributed by atoms with Crippen LogP contribution in [0.3, 0.4) is 0 Å². The molecule has 0 heterocycles. The molecular weight excluding hydrogens is 298 g/mol. The Labute approximate surface area is 131 Å². The Kier molecular flexibility index (Phi) is 4.37. The Morgan fingerprint density at radius 3 is 2.23 bits per heavy atom. The number of rotatable bonds is 3. The lowest BCUT2D eigenvalue weighted by molar-refractivity contribution is 0.102. The minimum Gasteiger partial charge on any atom is -0.322 e. The molecule has 2 aromatic carbocycles. The molecule has 2 rings (SSSR count). The van der Waals surface area contributed by atoms with Gasteiger partial charge < -0.3 is 5.32 Å². The molecule has 0 atom stereocenters. The molecule has 1 amide bonds. The number of nitrogens with one attached hydrogen (secondary N) is 1. The van der Waals surface area contributed by atoms with Gasteiger partial charge >= 0.3 is 0 Å². The Morgan fingerprint density at radius 2 is 1.64 bits per heavy atom. The molecule has 116 valence electrons. The van der Waals surface area contributed by atoms with Crippen LogP contribution in [0.1, 0.15) is 27.0 Å². The lowest BCUT2D eigenvalue weighted by Crippen LogP contribution is -2.15. The molecule has 0 spiro atoms. The van der Waals surface area contributed by atoms with E-state index in [2.05, 4.69) is 5.32 Å². The van der Waals surface area contributed by atoms with E-state index in [1.54, 1.807) is 13.0 Å². The third kappa shape index (κ3) is 3.54. The van der Waals surface area contributed by atoms with Crippen LogP contribution in [-0.4, -0.2) is 20.6 Å². The lowest BCUT2D eigenvalue weighted by Gasteiger charge is -2.11. The monoisotopic (exact) mass is 317 g/mol. The van der Waals surface area contributed by atoms with E-state index in [4.69, 9.17) is 0 Å². The van der Waals surface area contributed by atoms with Crippen molar-refractivity contribution < 1.29 is 13.2 Å². The smallest absolute Gasteiger partial charge is 0.255 e. The van der Waals surface area contributed by atoms with Crippen LogP contribution in [0.2, 0.25) is 0 Å². The van der Waals surface area contributed by atoms with Crippen LogP contribution < -0.4 is 5.32 Å². The van der Waals surface area contributed by atoms with Crippen molar-refractivity contribution in [3.05, 3.63) is 58.7 Å². The number of hydrogen-bond donors (Lipinski definition) is 1. The first-order valence-corrected chi connectivity index (χ1v) is 8.77. The van der Waals surface area contributed by atoms with Crippen molar-refractivity contribution >= 4 is 21.4 Å². The summed E-state index contributed by atoms with van der Waals surface area (Å²) >= 11 is 0. The van der Waals surface area contributed by atoms with Gasteiger partial charge in [0.05, 0.1) is 4.90 Å². The molecule has 4 nitrogen and oxygen atoms in total. The number of anilines is 1. The standard InChI is InChI=1S/C17H19NO3S/c1-11-5-8-16(13(3)9-11)18-17(19)15-10-14(22(4,20)21)7-6-12(15)2/h5-10H,1-4H3,(H,18,19). The zero-order valence-electron chi connectivity index (χ0n) is 13.1. The topological polar surface area (TPSA) is 63.2 Å². The first-order chi connectivity index (χ1) is 10.2. The van der Waals surface area contributed by atoms with E-state index in [-0.39, 0.29) is 10.8 Å². The van der Waals surface area contributed by atoms with E-state index < -0.39 is 9.84 Å². The van der Waals surface area contributed by atoms with E-state index in [1.807, 2.05) is 32.0 Å². The molecule has 22 heavy (non-hydrogen) atoms.